The summed E-state index contributed by atoms with van der Waals surface area (Å²) in [4.78, 5) is 12.3. The minimum Gasteiger partial charge on any atom is -0.351 e. The van der Waals surface area contributed by atoms with E-state index in [2.05, 4.69) is 16.1 Å². The summed E-state index contributed by atoms with van der Waals surface area (Å²) in [6, 6.07) is 17.5. The third kappa shape index (κ3) is 3.14. The Kier molecular flexibility index (Phi) is 4.53. The summed E-state index contributed by atoms with van der Waals surface area (Å²) in [5, 5.41) is 8.69. The molecule has 4 aromatic carbocycles. The van der Waals surface area contributed by atoms with E-state index in [1.807, 2.05) is 54.6 Å². The summed E-state index contributed by atoms with van der Waals surface area (Å²) in [5.41, 5.74) is 0.685. The van der Waals surface area contributed by atoms with Crippen LogP contribution < -0.4 is 10.0 Å². The van der Waals surface area contributed by atoms with Crippen LogP contribution in [0.4, 0.5) is 0 Å². The smallest absolute Gasteiger partial charge is 0.247 e. The summed E-state index contributed by atoms with van der Waals surface area (Å²) in [5.74, 6) is -0.165. The normalized spacial score (nSPS) is 14.1. The van der Waals surface area contributed by atoms with Crippen LogP contribution in [0.25, 0.3) is 32.3 Å². The average Bonchev–Trinajstić information content (AvgIpc) is 3.30. The molecule has 0 spiro atoms. The van der Waals surface area contributed by atoms with E-state index < -0.39 is 10.0 Å². The van der Waals surface area contributed by atoms with Gasteiger partial charge in [0.1, 0.15) is 0 Å². The van der Waals surface area contributed by atoms with Gasteiger partial charge < -0.3 is 5.32 Å². The van der Waals surface area contributed by atoms with Gasteiger partial charge in [0, 0.05) is 24.0 Å². The molecule has 0 unspecified atom stereocenters. The van der Waals surface area contributed by atoms with Crippen molar-refractivity contribution < 1.29 is 13.2 Å². The zero-order valence-electron chi connectivity index (χ0n) is 16.2. The molecule has 0 atom stereocenters. The first-order valence-corrected chi connectivity index (χ1v) is 11.3. The molecule has 0 bridgehead atoms. The molecule has 1 aliphatic carbocycles. The Morgan fingerprint density at radius 2 is 1.57 bits per heavy atom. The number of allylic oxidation sites excluding steroid dienone is 3. The minimum absolute atomic E-state index is 0.122. The highest BCUT2D eigenvalue weighted by molar-refractivity contribution is 7.89. The Balaban J connectivity index is 1.42. The molecule has 0 radical (unpaired) electrons. The zero-order chi connectivity index (χ0) is 20.7. The number of hydrogen-bond acceptors (Lipinski definition) is 3. The van der Waals surface area contributed by atoms with E-state index >= 15 is 0 Å². The fraction of sp³-hybridized carbons (Fsp3) is 0.125. The molecule has 5 rings (SSSR count). The summed E-state index contributed by atoms with van der Waals surface area (Å²) >= 11 is 0. The van der Waals surface area contributed by atoms with Gasteiger partial charge in [-0.25, -0.2) is 13.1 Å². The highest BCUT2D eigenvalue weighted by atomic mass is 32.2. The van der Waals surface area contributed by atoms with E-state index in [4.69, 9.17) is 0 Å². The van der Waals surface area contributed by atoms with E-state index in [-0.39, 0.29) is 23.9 Å². The van der Waals surface area contributed by atoms with Crippen molar-refractivity contribution in [1.82, 2.24) is 10.0 Å². The van der Waals surface area contributed by atoms with Gasteiger partial charge in [0.05, 0.1) is 4.90 Å². The van der Waals surface area contributed by atoms with Crippen molar-refractivity contribution in [3.05, 3.63) is 78.4 Å². The van der Waals surface area contributed by atoms with Crippen molar-refractivity contribution in [2.45, 2.75) is 11.3 Å². The lowest BCUT2D eigenvalue weighted by molar-refractivity contribution is -0.117. The summed E-state index contributed by atoms with van der Waals surface area (Å²) in [7, 11) is -3.73. The number of hydrogen-bond donors (Lipinski definition) is 2. The molecule has 6 heteroatoms. The monoisotopic (exact) mass is 416 g/mol. The van der Waals surface area contributed by atoms with Crippen LogP contribution in [-0.2, 0) is 14.8 Å². The van der Waals surface area contributed by atoms with Gasteiger partial charge in [-0.1, -0.05) is 66.8 Å². The second kappa shape index (κ2) is 7.23. The fourth-order valence-corrected chi connectivity index (χ4v) is 5.34. The number of benzene rings is 4. The van der Waals surface area contributed by atoms with Crippen LogP contribution in [0.3, 0.4) is 0 Å². The second-order valence-electron chi connectivity index (χ2n) is 7.40. The van der Waals surface area contributed by atoms with Gasteiger partial charge in [0.15, 0.2) is 0 Å². The summed E-state index contributed by atoms with van der Waals surface area (Å²) in [6.45, 7) is 0.345. The Labute approximate surface area is 174 Å². The molecule has 0 saturated heterocycles. The van der Waals surface area contributed by atoms with Gasteiger partial charge >= 0.3 is 0 Å². The van der Waals surface area contributed by atoms with Crippen molar-refractivity contribution >= 4 is 48.2 Å². The van der Waals surface area contributed by atoms with Crippen LogP contribution in [-0.4, -0.2) is 27.4 Å². The number of nitrogens with one attached hydrogen (secondary N) is 2. The highest BCUT2D eigenvalue weighted by Gasteiger charge is 2.20. The average molecular weight is 417 g/mol. The molecule has 0 heterocycles. The van der Waals surface area contributed by atoms with Crippen molar-refractivity contribution in [1.29, 1.82) is 0 Å². The van der Waals surface area contributed by atoms with Gasteiger partial charge in [-0.05, 0) is 39.4 Å². The highest BCUT2D eigenvalue weighted by Crippen LogP contribution is 2.37. The maximum absolute atomic E-state index is 13.0. The van der Waals surface area contributed by atoms with Gasteiger partial charge in [0.25, 0.3) is 0 Å². The summed E-state index contributed by atoms with van der Waals surface area (Å²) < 4.78 is 28.7. The molecule has 1 aliphatic rings. The SMILES string of the molecule is O=C(NCCNS(=O)(=O)c1ccc2ccc3cccc4ccc1c2c34)C1=CC=CC1. The number of amides is 1. The first kappa shape index (κ1) is 18.8. The molecular weight excluding hydrogens is 396 g/mol. The predicted octanol–water partition coefficient (Wildman–Crippen LogP) is 3.86. The molecule has 0 fully saturated rings. The third-order valence-electron chi connectivity index (χ3n) is 5.54. The lowest BCUT2D eigenvalue weighted by Crippen LogP contribution is -2.35. The van der Waals surface area contributed by atoms with Crippen LogP contribution >= 0.6 is 0 Å². The lowest BCUT2D eigenvalue weighted by Gasteiger charge is -2.14. The Morgan fingerprint density at radius 1 is 0.867 bits per heavy atom. The maximum atomic E-state index is 13.0. The van der Waals surface area contributed by atoms with Gasteiger partial charge in [0.2, 0.25) is 15.9 Å². The van der Waals surface area contributed by atoms with Crippen molar-refractivity contribution in [3.8, 4) is 0 Å². The molecule has 0 aliphatic heterocycles. The quantitative estimate of drug-likeness (QED) is 0.370. The van der Waals surface area contributed by atoms with Gasteiger partial charge in [-0.15, -0.1) is 0 Å². The van der Waals surface area contributed by atoms with Crippen LogP contribution in [0.2, 0.25) is 0 Å². The minimum atomic E-state index is -3.73. The van der Waals surface area contributed by atoms with E-state index in [9.17, 15) is 13.2 Å². The largest absolute Gasteiger partial charge is 0.351 e. The molecular formula is C24H20N2O3S. The zero-order valence-corrected chi connectivity index (χ0v) is 17.0. The Morgan fingerprint density at radius 3 is 2.30 bits per heavy atom. The van der Waals surface area contributed by atoms with Gasteiger partial charge in [-0.2, -0.15) is 0 Å². The molecule has 30 heavy (non-hydrogen) atoms. The van der Waals surface area contributed by atoms with E-state index in [0.717, 1.165) is 26.9 Å². The molecule has 1 amide bonds. The second-order valence-corrected chi connectivity index (χ2v) is 9.13. The van der Waals surface area contributed by atoms with Crippen LogP contribution in [0.15, 0.2) is 83.3 Å². The molecule has 0 aromatic heterocycles. The maximum Gasteiger partial charge on any atom is 0.247 e. The van der Waals surface area contributed by atoms with E-state index in [1.54, 1.807) is 12.1 Å². The Hall–Kier alpha value is -3.22. The van der Waals surface area contributed by atoms with Crippen LogP contribution in [0.1, 0.15) is 6.42 Å². The topological polar surface area (TPSA) is 75.3 Å². The van der Waals surface area contributed by atoms with Crippen molar-refractivity contribution in [2.24, 2.45) is 0 Å². The van der Waals surface area contributed by atoms with Crippen molar-refractivity contribution in [2.75, 3.05) is 13.1 Å². The molecule has 5 nitrogen and oxygen atoms in total. The molecule has 2 N–H and O–H groups in total. The molecule has 4 aromatic rings. The van der Waals surface area contributed by atoms with Crippen LogP contribution in [0.5, 0.6) is 0 Å². The standard InChI is InChI=1S/C24H20N2O3S/c27-24(19-4-1-2-5-19)25-14-15-26-30(28,29)21-13-11-18-9-8-16-6-3-7-17-10-12-20(21)23(18)22(16)17/h1-4,6-13,26H,5,14-15H2,(H,25,27). The van der Waals surface area contributed by atoms with E-state index in [1.165, 1.54) is 0 Å². The van der Waals surface area contributed by atoms with Crippen LogP contribution in [0, 0.1) is 0 Å². The first-order valence-electron chi connectivity index (χ1n) is 9.85. The Bertz CT molecular complexity index is 1440. The predicted molar refractivity (Wildman–Crippen MR) is 120 cm³/mol. The molecule has 0 saturated carbocycles. The van der Waals surface area contributed by atoms with Gasteiger partial charge in [-0.3, -0.25) is 4.79 Å². The van der Waals surface area contributed by atoms with E-state index in [0.29, 0.717) is 17.4 Å². The molecule has 150 valence electrons. The van der Waals surface area contributed by atoms with Crippen molar-refractivity contribution in [3.63, 3.8) is 0 Å². The number of carbonyl (C=O) groups is 1. The fourth-order valence-electron chi connectivity index (χ4n) is 4.11. The first-order chi connectivity index (χ1) is 14.5. The number of rotatable bonds is 6. The third-order valence-corrected chi connectivity index (χ3v) is 7.06. The lowest BCUT2D eigenvalue weighted by atomic mass is 9.94. The number of sulfonamides is 1. The summed E-state index contributed by atoms with van der Waals surface area (Å²) in [6.07, 6.45) is 6.13. The number of carbonyl (C=O) groups excluding carboxylic acids is 1.